The molecule has 7 amide bonds. The number of hydrogen-bond acceptors (Lipinski definition) is 15. The lowest BCUT2D eigenvalue weighted by molar-refractivity contribution is -0.181. The first-order valence-corrected chi connectivity index (χ1v) is 27.1. The normalized spacial score (nSPS) is 27.6. The summed E-state index contributed by atoms with van der Waals surface area (Å²) in [6.45, 7) is 26.4. The molecule has 76 heavy (non-hydrogen) atoms. The Hall–Kier alpha value is -5.38. The average molecular weight is 1080 g/mol. The SMILES string of the molecule is CCC(C)C(NC)C(=O)NC1C(=O)OC(C(C)C)C(=O)OC(CC(C)C)C(=O)NC(C(C)CC)C(=O)N(C)C(CC(C)C)C(=O)NC(CO)C(=O)N(C)C(C(C)C)C(=O)NC(C)C(=O)N(C)C(CC(C)C)C(=O)OC1C. The van der Waals surface area contributed by atoms with Crippen LogP contribution in [0, 0.1) is 41.4 Å². The van der Waals surface area contributed by atoms with E-state index in [1.807, 2.05) is 27.7 Å². The zero-order valence-corrected chi connectivity index (χ0v) is 49.2. The van der Waals surface area contributed by atoms with Crippen molar-refractivity contribution in [2.24, 2.45) is 41.4 Å². The van der Waals surface area contributed by atoms with Crippen molar-refractivity contribution in [1.29, 1.82) is 0 Å². The van der Waals surface area contributed by atoms with E-state index in [0.29, 0.717) is 12.8 Å². The number of cyclic esters (lactones) is 3. The number of aliphatic hydroxyl groups excluding tert-OH is 1. The summed E-state index contributed by atoms with van der Waals surface area (Å²) < 4.78 is 17.7. The van der Waals surface area contributed by atoms with Crippen LogP contribution >= 0.6 is 0 Å². The van der Waals surface area contributed by atoms with Gasteiger partial charge < -0.3 is 60.6 Å². The summed E-state index contributed by atoms with van der Waals surface area (Å²) in [5, 5.41) is 24.2. The molecule has 0 saturated carbocycles. The molecule has 1 fully saturated rings. The summed E-state index contributed by atoms with van der Waals surface area (Å²) in [5.74, 6) is -11.3. The van der Waals surface area contributed by atoms with Crippen molar-refractivity contribution in [2.45, 2.75) is 210 Å². The van der Waals surface area contributed by atoms with Crippen LogP contribution in [0.1, 0.15) is 143 Å². The quantitative estimate of drug-likeness (QED) is 0.0956. The number of carbonyl (C=O) groups is 10. The number of nitrogens with one attached hydrogen (secondary N) is 5. The van der Waals surface area contributed by atoms with Crippen molar-refractivity contribution < 1.29 is 67.3 Å². The highest BCUT2D eigenvalue weighted by molar-refractivity contribution is 5.97. The van der Waals surface area contributed by atoms with Gasteiger partial charge in [0.25, 0.3) is 5.91 Å². The van der Waals surface area contributed by atoms with Gasteiger partial charge in [-0.3, -0.25) is 33.6 Å². The highest BCUT2D eigenvalue weighted by atomic mass is 16.6. The minimum absolute atomic E-state index is 0.0315. The third kappa shape index (κ3) is 19.6. The molecule has 1 aliphatic rings. The molecule has 22 heteroatoms. The van der Waals surface area contributed by atoms with Crippen LogP contribution in [0.2, 0.25) is 0 Å². The van der Waals surface area contributed by atoms with Gasteiger partial charge in [-0.1, -0.05) is 110 Å². The fourth-order valence-electron chi connectivity index (χ4n) is 8.98. The minimum atomic E-state index is -1.73. The Labute approximate surface area is 452 Å². The van der Waals surface area contributed by atoms with Crippen LogP contribution in [0.15, 0.2) is 0 Å². The van der Waals surface area contributed by atoms with Crippen LogP contribution in [-0.4, -0.2) is 181 Å². The van der Waals surface area contributed by atoms with Crippen molar-refractivity contribution in [3.05, 3.63) is 0 Å². The second kappa shape index (κ2) is 31.7. The summed E-state index contributed by atoms with van der Waals surface area (Å²) in [4.78, 5) is 146. The van der Waals surface area contributed by atoms with Crippen LogP contribution in [0.4, 0.5) is 0 Å². The Morgan fingerprint density at radius 2 is 1.14 bits per heavy atom. The van der Waals surface area contributed by atoms with Gasteiger partial charge in [0.2, 0.25) is 41.5 Å². The molecule has 0 spiro atoms. The van der Waals surface area contributed by atoms with Gasteiger partial charge in [-0.2, -0.15) is 0 Å². The van der Waals surface area contributed by atoms with Gasteiger partial charge >= 0.3 is 17.9 Å². The second-order valence-corrected chi connectivity index (χ2v) is 22.6. The van der Waals surface area contributed by atoms with Crippen LogP contribution < -0.4 is 26.6 Å². The fraction of sp³-hybridized carbons (Fsp3) is 0.815. The van der Waals surface area contributed by atoms with Crippen LogP contribution in [0.5, 0.6) is 0 Å². The molecule has 1 saturated heterocycles. The zero-order valence-electron chi connectivity index (χ0n) is 49.2. The molecule has 0 bridgehead atoms. The molecule has 13 atom stereocenters. The lowest BCUT2D eigenvalue weighted by Gasteiger charge is -2.36. The highest BCUT2D eigenvalue weighted by Crippen LogP contribution is 2.23. The van der Waals surface area contributed by atoms with Gasteiger partial charge in [0.05, 0.1) is 12.6 Å². The Balaban J connectivity index is 4.26. The lowest BCUT2D eigenvalue weighted by atomic mass is 9.95. The molecule has 1 heterocycles. The Morgan fingerprint density at radius 3 is 1.62 bits per heavy atom. The smallest absolute Gasteiger partial charge is 0.348 e. The van der Waals surface area contributed by atoms with Gasteiger partial charge in [0.15, 0.2) is 12.1 Å². The second-order valence-electron chi connectivity index (χ2n) is 22.6. The number of hydrogen-bond donors (Lipinski definition) is 6. The van der Waals surface area contributed by atoms with Gasteiger partial charge in [-0.15, -0.1) is 0 Å². The van der Waals surface area contributed by atoms with Gasteiger partial charge in [-0.25, -0.2) is 14.4 Å². The van der Waals surface area contributed by atoms with Crippen LogP contribution in [-0.2, 0) is 62.2 Å². The predicted molar refractivity (Wildman–Crippen MR) is 285 cm³/mol. The largest absolute Gasteiger partial charge is 0.458 e. The number of carbonyl (C=O) groups excluding carboxylic acids is 10. The van der Waals surface area contributed by atoms with Crippen molar-refractivity contribution in [1.82, 2.24) is 41.3 Å². The monoisotopic (exact) mass is 1080 g/mol. The Kier molecular flexibility index (Phi) is 28.7. The van der Waals surface area contributed by atoms with E-state index in [9.17, 15) is 53.1 Å². The molecule has 1 rings (SSSR count). The minimum Gasteiger partial charge on any atom is -0.458 e. The molecule has 0 aliphatic carbocycles. The topological polar surface area (TPSA) is 288 Å². The number of likely N-dealkylation sites (N-methyl/N-ethyl adjacent to an activating group) is 4. The van der Waals surface area contributed by atoms with E-state index < -0.39 is 150 Å². The van der Waals surface area contributed by atoms with E-state index in [1.165, 1.54) is 39.9 Å². The molecular formula is C54H96N8O14. The third-order valence-corrected chi connectivity index (χ3v) is 14.0. The first-order valence-electron chi connectivity index (χ1n) is 27.1. The average Bonchev–Trinajstić information content (AvgIpc) is 3.33. The first-order chi connectivity index (χ1) is 35.2. The van der Waals surface area contributed by atoms with E-state index in [-0.39, 0.29) is 42.9 Å². The zero-order chi connectivity index (χ0) is 58.8. The number of nitrogens with zero attached hydrogens (tertiary/aromatic N) is 3. The molecule has 436 valence electrons. The summed E-state index contributed by atoms with van der Waals surface area (Å²) in [6, 6.07) is -10.5. The maximum Gasteiger partial charge on any atom is 0.348 e. The predicted octanol–water partition coefficient (Wildman–Crippen LogP) is 2.32. The Bertz CT molecular complexity index is 1980. The summed E-state index contributed by atoms with van der Waals surface area (Å²) in [6.07, 6.45) is -3.62. The van der Waals surface area contributed by atoms with Crippen LogP contribution in [0.25, 0.3) is 0 Å². The highest BCUT2D eigenvalue weighted by Gasteiger charge is 2.44. The number of esters is 3. The van der Waals surface area contributed by atoms with Crippen molar-refractivity contribution in [2.75, 3.05) is 34.8 Å². The van der Waals surface area contributed by atoms with Crippen LogP contribution in [0.3, 0.4) is 0 Å². The van der Waals surface area contributed by atoms with E-state index in [0.717, 1.165) is 9.80 Å². The molecule has 6 N–H and O–H groups in total. The Morgan fingerprint density at radius 1 is 0.605 bits per heavy atom. The fourth-order valence-corrected chi connectivity index (χ4v) is 8.98. The van der Waals surface area contributed by atoms with E-state index in [1.54, 1.807) is 76.3 Å². The standard InChI is InChI=1S/C54H96N8O14/c1-21-32(13)40(55-17)47(66)59-42-35(16)74-52(71)38(24-28(5)6)61(19)49(68)34(15)56-48(67)43(30(9)10)62(20)50(69)36(26-63)57-45(64)37(23-27(3)4)60(18)51(70)41(33(14)22-2)58-46(65)39(25-29(7)8)75-54(73)44(31(11)12)76-53(42)72/h27-44,55,63H,21-26H2,1-20H3,(H,56,67)(H,57,64)(H,58,65)(H,59,66). The van der Waals surface area contributed by atoms with E-state index in [2.05, 4.69) is 26.6 Å². The van der Waals surface area contributed by atoms with E-state index >= 15 is 0 Å². The van der Waals surface area contributed by atoms with Crippen molar-refractivity contribution in [3.63, 3.8) is 0 Å². The molecule has 13 unspecified atom stereocenters. The summed E-state index contributed by atoms with van der Waals surface area (Å²) in [5.41, 5.74) is 0. The molecule has 22 nitrogen and oxygen atoms in total. The van der Waals surface area contributed by atoms with Gasteiger partial charge in [0.1, 0.15) is 42.4 Å². The molecule has 0 radical (unpaired) electrons. The number of ether oxygens (including phenoxy) is 3. The van der Waals surface area contributed by atoms with Gasteiger partial charge in [-0.05, 0) is 75.7 Å². The molecule has 0 aromatic heterocycles. The number of rotatable bonds is 16. The van der Waals surface area contributed by atoms with Crippen molar-refractivity contribution in [3.8, 4) is 0 Å². The van der Waals surface area contributed by atoms with Gasteiger partial charge in [0, 0.05) is 27.1 Å². The molecule has 0 aromatic rings. The lowest BCUT2D eigenvalue weighted by Crippen LogP contribution is -2.62. The summed E-state index contributed by atoms with van der Waals surface area (Å²) in [7, 11) is 5.62. The molecular weight excluding hydrogens is 985 g/mol. The third-order valence-electron chi connectivity index (χ3n) is 14.0. The number of amides is 7. The molecule has 1 aliphatic heterocycles. The molecule has 0 aromatic carbocycles. The maximum absolute atomic E-state index is 14.6. The first kappa shape index (κ1) is 68.6. The van der Waals surface area contributed by atoms with E-state index in [4.69, 9.17) is 14.2 Å². The summed E-state index contributed by atoms with van der Waals surface area (Å²) >= 11 is 0. The number of aliphatic hydroxyl groups is 1. The maximum atomic E-state index is 14.6. The van der Waals surface area contributed by atoms with Crippen molar-refractivity contribution >= 4 is 59.3 Å².